The molecule has 1 aromatic heterocycles. The Hall–Kier alpha value is -2.60. The first-order valence-corrected chi connectivity index (χ1v) is 10.5. The molecule has 3 aromatic rings. The van der Waals surface area contributed by atoms with Crippen molar-refractivity contribution in [3.8, 4) is 0 Å². The maximum absolute atomic E-state index is 12.6. The molecule has 1 atom stereocenters. The van der Waals surface area contributed by atoms with E-state index in [9.17, 15) is 9.59 Å². The number of carbonyl (C=O) groups excluding carboxylic acids is 1. The van der Waals surface area contributed by atoms with Gasteiger partial charge >= 0.3 is 0 Å². The van der Waals surface area contributed by atoms with E-state index in [4.69, 9.17) is 0 Å². The molecule has 2 aromatic carbocycles. The lowest BCUT2D eigenvalue weighted by atomic mass is 10.1. The lowest BCUT2D eigenvalue weighted by molar-refractivity contribution is -0.119. The summed E-state index contributed by atoms with van der Waals surface area (Å²) in [7, 11) is 0. The average Bonchev–Trinajstić information content (AvgIpc) is 2.71. The molecule has 3 rings (SSSR count). The molecule has 5 nitrogen and oxygen atoms in total. The van der Waals surface area contributed by atoms with E-state index in [0.717, 1.165) is 12.8 Å². The van der Waals surface area contributed by atoms with Crippen LogP contribution in [0.3, 0.4) is 0 Å². The van der Waals surface area contributed by atoms with Crippen LogP contribution in [-0.2, 0) is 17.8 Å². The Kier molecular flexibility index (Phi) is 6.87. The van der Waals surface area contributed by atoms with E-state index < -0.39 is 0 Å². The van der Waals surface area contributed by atoms with Crippen molar-refractivity contribution in [2.75, 3.05) is 5.75 Å². The summed E-state index contributed by atoms with van der Waals surface area (Å²) in [6.45, 7) is 4.45. The molecule has 0 bridgehead atoms. The van der Waals surface area contributed by atoms with E-state index in [-0.39, 0.29) is 23.3 Å². The van der Waals surface area contributed by atoms with Crippen molar-refractivity contribution in [1.29, 1.82) is 0 Å². The minimum absolute atomic E-state index is 0.0457. The van der Waals surface area contributed by atoms with Gasteiger partial charge in [-0.05, 0) is 44.4 Å². The van der Waals surface area contributed by atoms with Gasteiger partial charge in [0.25, 0.3) is 5.56 Å². The fourth-order valence-corrected chi connectivity index (χ4v) is 3.96. The predicted molar refractivity (Wildman–Crippen MR) is 115 cm³/mol. The molecule has 0 spiro atoms. The Morgan fingerprint density at radius 3 is 2.61 bits per heavy atom. The topological polar surface area (TPSA) is 64.0 Å². The quantitative estimate of drug-likeness (QED) is 0.467. The number of nitrogens with zero attached hydrogens (tertiary/aromatic N) is 2. The van der Waals surface area contributed by atoms with Gasteiger partial charge in [-0.3, -0.25) is 14.2 Å². The summed E-state index contributed by atoms with van der Waals surface area (Å²) in [6, 6.07) is 17.6. The molecule has 28 heavy (non-hydrogen) atoms. The number of hydrogen-bond donors (Lipinski definition) is 1. The van der Waals surface area contributed by atoms with Gasteiger partial charge < -0.3 is 5.32 Å². The van der Waals surface area contributed by atoms with E-state index in [1.54, 1.807) is 10.6 Å². The highest BCUT2D eigenvalue weighted by Gasteiger charge is 2.13. The fourth-order valence-electron chi connectivity index (χ4n) is 3.08. The SMILES string of the molecule is CCn1c(SCC(=O)NC(C)CCc2ccccc2)nc2ccccc2c1=O. The molecule has 146 valence electrons. The molecule has 0 radical (unpaired) electrons. The Balaban J connectivity index is 1.59. The van der Waals surface area contributed by atoms with Gasteiger partial charge in [0, 0.05) is 12.6 Å². The predicted octanol–water partition coefficient (Wildman–Crippen LogP) is 3.65. The van der Waals surface area contributed by atoms with E-state index in [1.807, 2.05) is 50.2 Å². The van der Waals surface area contributed by atoms with Gasteiger partial charge in [0.2, 0.25) is 5.91 Å². The Labute approximate surface area is 169 Å². The molecule has 0 saturated carbocycles. The highest BCUT2D eigenvalue weighted by molar-refractivity contribution is 7.99. The Morgan fingerprint density at radius 1 is 1.14 bits per heavy atom. The summed E-state index contributed by atoms with van der Waals surface area (Å²) in [5.41, 5.74) is 1.87. The van der Waals surface area contributed by atoms with Crippen LogP contribution in [0, 0.1) is 0 Å². The molecular formula is C22H25N3O2S. The number of aromatic nitrogens is 2. The van der Waals surface area contributed by atoms with Gasteiger partial charge in [-0.1, -0.05) is 54.2 Å². The van der Waals surface area contributed by atoms with Gasteiger partial charge in [-0.2, -0.15) is 0 Å². The fraction of sp³-hybridized carbons (Fsp3) is 0.318. The molecule has 1 amide bonds. The third-order valence-corrected chi connectivity index (χ3v) is 5.57. The molecule has 0 fully saturated rings. The summed E-state index contributed by atoms with van der Waals surface area (Å²) in [6.07, 6.45) is 1.81. The first-order chi connectivity index (χ1) is 13.6. The summed E-state index contributed by atoms with van der Waals surface area (Å²) < 4.78 is 1.62. The van der Waals surface area contributed by atoms with Gasteiger partial charge in [0.1, 0.15) is 0 Å². The van der Waals surface area contributed by atoms with Crippen LogP contribution in [0.25, 0.3) is 10.9 Å². The minimum Gasteiger partial charge on any atom is -0.353 e. The second-order valence-corrected chi connectivity index (χ2v) is 7.68. The third-order valence-electron chi connectivity index (χ3n) is 4.59. The van der Waals surface area contributed by atoms with Crippen LogP contribution in [0.15, 0.2) is 64.5 Å². The van der Waals surface area contributed by atoms with Crippen LogP contribution in [0.4, 0.5) is 0 Å². The van der Waals surface area contributed by atoms with Crippen LogP contribution in [0.1, 0.15) is 25.8 Å². The van der Waals surface area contributed by atoms with Crippen LogP contribution in [-0.4, -0.2) is 27.3 Å². The van der Waals surface area contributed by atoms with Crippen molar-refractivity contribution in [2.24, 2.45) is 0 Å². The van der Waals surface area contributed by atoms with Crippen LogP contribution < -0.4 is 10.9 Å². The molecule has 1 heterocycles. The van der Waals surface area contributed by atoms with Crippen molar-refractivity contribution < 1.29 is 4.79 Å². The number of para-hydroxylation sites is 1. The van der Waals surface area contributed by atoms with Gasteiger partial charge in [0.05, 0.1) is 16.7 Å². The highest BCUT2D eigenvalue weighted by atomic mass is 32.2. The lowest BCUT2D eigenvalue weighted by Crippen LogP contribution is -2.34. The molecule has 1 N–H and O–H groups in total. The number of thioether (sulfide) groups is 1. The summed E-state index contributed by atoms with van der Waals surface area (Å²) in [4.78, 5) is 29.6. The van der Waals surface area contributed by atoms with Crippen molar-refractivity contribution in [3.63, 3.8) is 0 Å². The van der Waals surface area contributed by atoms with Crippen molar-refractivity contribution in [3.05, 3.63) is 70.5 Å². The zero-order chi connectivity index (χ0) is 19.9. The van der Waals surface area contributed by atoms with Crippen LogP contribution in [0.2, 0.25) is 0 Å². The molecule has 0 saturated heterocycles. The van der Waals surface area contributed by atoms with E-state index >= 15 is 0 Å². The number of aryl methyl sites for hydroxylation is 1. The Bertz CT molecular complexity index is 1000. The molecule has 0 aliphatic carbocycles. The lowest BCUT2D eigenvalue weighted by Gasteiger charge is -2.15. The largest absolute Gasteiger partial charge is 0.353 e. The standard InChI is InChI=1S/C22H25N3O2S/c1-3-25-21(27)18-11-7-8-12-19(18)24-22(25)28-15-20(26)23-16(2)13-14-17-9-5-4-6-10-17/h4-12,16H,3,13-15H2,1-2H3,(H,23,26). The van der Waals surface area contributed by atoms with Gasteiger partial charge in [0.15, 0.2) is 5.16 Å². The van der Waals surface area contributed by atoms with Gasteiger partial charge in [-0.15, -0.1) is 0 Å². The number of nitrogens with one attached hydrogen (secondary N) is 1. The molecule has 6 heteroatoms. The number of fused-ring (bicyclic) bond motifs is 1. The number of rotatable bonds is 8. The zero-order valence-corrected chi connectivity index (χ0v) is 17.0. The minimum atomic E-state index is -0.0627. The molecular weight excluding hydrogens is 370 g/mol. The van der Waals surface area contributed by atoms with E-state index in [2.05, 4.69) is 22.4 Å². The third kappa shape index (κ3) is 5.01. The second kappa shape index (κ2) is 9.55. The van der Waals surface area contributed by atoms with Crippen molar-refractivity contribution >= 4 is 28.6 Å². The van der Waals surface area contributed by atoms with Crippen LogP contribution in [0.5, 0.6) is 0 Å². The smallest absolute Gasteiger partial charge is 0.262 e. The molecule has 0 aliphatic rings. The number of benzene rings is 2. The normalized spacial score (nSPS) is 12.1. The summed E-state index contributed by atoms with van der Waals surface area (Å²) in [5, 5.41) is 4.22. The number of amides is 1. The zero-order valence-electron chi connectivity index (χ0n) is 16.2. The summed E-state index contributed by atoms with van der Waals surface area (Å²) >= 11 is 1.31. The molecule has 0 aliphatic heterocycles. The molecule has 1 unspecified atom stereocenters. The van der Waals surface area contributed by atoms with E-state index in [1.165, 1.54) is 17.3 Å². The maximum Gasteiger partial charge on any atom is 0.262 e. The van der Waals surface area contributed by atoms with Crippen molar-refractivity contribution in [1.82, 2.24) is 14.9 Å². The monoisotopic (exact) mass is 395 g/mol. The summed E-state index contributed by atoms with van der Waals surface area (Å²) in [5.74, 6) is 0.191. The number of carbonyl (C=O) groups is 1. The highest BCUT2D eigenvalue weighted by Crippen LogP contribution is 2.17. The number of hydrogen-bond acceptors (Lipinski definition) is 4. The van der Waals surface area contributed by atoms with Crippen LogP contribution >= 0.6 is 11.8 Å². The average molecular weight is 396 g/mol. The first-order valence-electron chi connectivity index (χ1n) is 9.54. The van der Waals surface area contributed by atoms with E-state index in [0.29, 0.717) is 22.6 Å². The maximum atomic E-state index is 12.6. The van der Waals surface area contributed by atoms with Crippen molar-refractivity contribution in [2.45, 2.75) is 44.4 Å². The first kappa shape index (κ1) is 20.1. The second-order valence-electron chi connectivity index (χ2n) is 6.74. The van der Waals surface area contributed by atoms with Gasteiger partial charge in [-0.25, -0.2) is 4.98 Å². The Morgan fingerprint density at radius 2 is 1.86 bits per heavy atom.